The number of carbonyl (C=O) groups is 2. The summed E-state index contributed by atoms with van der Waals surface area (Å²) in [6, 6.07) is 12.6. The van der Waals surface area contributed by atoms with Gasteiger partial charge in [0.2, 0.25) is 0 Å². The summed E-state index contributed by atoms with van der Waals surface area (Å²) in [4.78, 5) is 35.5. The fourth-order valence-corrected chi connectivity index (χ4v) is 4.37. The number of rotatable bonds is 9. The lowest BCUT2D eigenvalue weighted by atomic mass is 10.1. The first kappa shape index (κ1) is 31.0. The van der Waals surface area contributed by atoms with Crippen LogP contribution in [0, 0.1) is 0 Å². The predicted molar refractivity (Wildman–Crippen MR) is 154 cm³/mol. The Kier molecular flexibility index (Phi) is 11.0. The predicted octanol–water partition coefficient (Wildman–Crippen LogP) is 7.45. The number of methoxy groups -OCH3 is 3. The Labute approximate surface area is 250 Å². The molecule has 13 heteroatoms. The number of halogens is 4. The van der Waals surface area contributed by atoms with Crippen LogP contribution in [0.3, 0.4) is 0 Å². The van der Waals surface area contributed by atoms with Crippen molar-refractivity contribution in [2.45, 2.75) is 13.3 Å². The maximum atomic E-state index is 12.7. The van der Waals surface area contributed by atoms with Gasteiger partial charge in [-0.05, 0) is 53.5 Å². The average molecular weight is 628 g/mol. The first-order valence-electron chi connectivity index (χ1n) is 11.4. The Bertz CT molecular complexity index is 1360. The molecule has 3 aromatic rings. The molecule has 3 aromatic carbocycles. The van der Waals surface area contributed by atoms with Gasteiger partial charge in [-0.25, -0.2) is 9.59 Å². The van der Waals surface area contributed by atoms with Crippen LogP contribution in [0.1, 0.15) is 45.2 Å². The van der Waals surface area contributed by atoms with Crippen LogP contribution >= 0.6 is 46.4 Å². The van der Waals surface area contributed by atoms with E-state index in [2.05, 4.69) is 10.3 Å². The van der Waals surface area contributed by atoms with Gasteiger partial charge in [0.25, 0.3) is 5.90 Å². The largest absolute Gasteiger partial charge is 0.494 e. The van der Waals surface area contributed by atoms with E-state index in [1.165, 1.54) is 45.6 Å². The third-order valence-corrected chi connectivity index (χ3v) is 6.60. The van der Waals surface area contributed by atoms with E-state index in [9.17, 15) is 9.59 Å². The van der Waals surface area contributed by atoms with Gasteiger partial charge in [0.05, 0.1) is 47.1 Å². The fraction of sp³-hybridized carbons (Fsp3) is 0.185. The summed E-state index contributed by atoms with van der Waals surface area (Å²) in [5.74, 6) is -1.59. The van der Waals surface area contributed by atoms with Gasteiger partial charge in [-0.15, -0.1) is 0 Å². The lowest BCUT2D eigenvalue weighted by Gasteiger charge is -2.11. The van der Waals surface area contributed by atoms with Gasteiger partial charge < -0.3 is 23.9 Å². The van der Waals surface area contributed by atoms with Crippen LogP contribution in [0.25, 0.3) is 0 Å². The van der Waals surface area contributed by atoms with Crippen LogP contribution in [-0.4, -0.2) is 44.9 Å². The molecule has 0 fully saturated rings. The minimum atomic E-state index is -0.894. The van der Waals surface area contributed by atoms with E-state index < -0.39 is 11.9 Å². The van der Waals surface area contributed by atoms with Crippen LogP contribution < -0.4 is 9.47 Å². The Hall–Kier alpha value is -3.50. The summed E-state index contributed by atoms with van der Waals surface area (Å²) >= 11 is 24.4. The fourth-order valence-electron chi connectivity index (χ4n) is 3.45. The molecule has 0 amide bonds. The monoisotopic (exact) mass is 626 g/mol. The van der Waals surface area contributed by atoms with Crippen LogP contribution in [-0.2, 0) is 14.4 Å². The van der Waals surface area contributed by atoms with E-state index >= 15 is 0 Å². The van der Waals surface area contributed by atoms with Gasteiger partial charge in [-0.2, -0.15) is 0 Å². The minimum absolute atomic E-state index is 0.00104. The third-order valence-electron chi connectivity index (χ3n) is 5.38. The van der Waals surface area contributed by atoms with Crippen molar-refractivity contribution in [1.29, 1.82) is 0 Å². The highest BCUT2D eigenvalue weighted by Crippen LogP contribution is 2.35. The van der Waals surface area contributed by atoms with E-state index in [4.69, 9.17) is 70.3 Å². The van der Waals surface area contributed by atoms with Crippen molar-refractivity contribution in [2.24, 2.45) is 10.3 Å². The molecule has 210 valence electrons. The Balaban J connectivity index is 1.79. The average Bonchev–Trinajstić information content (AvgIpc) is 2.96. The molecule has 0 aromatic heterocycles. The number of oxime groups is 2. The lowest BCUT2D eigenvalue weighted by molar-refractivity contribution is 0.0496. The molecule has 0 heterocycles. The number of hydrogen-bond acceptors (Lipinski definition) is 9. The molecule has 0 unspecified atom stereocenters. The van der Waals surface area contributed by atoms with Crippen LogP contribution in [0.15, 0.2) is 58.8 Å². The summed E-state index contributed by atoms with van der Waals surface area (Å²) in [6.07, 6.45) is 0.429. The molecule has 9 nitrogen and oxygen atoms in total. The molecule has 40 heavy (non-hydrogen) atoms. The maximum absolute atomic E-state index is 12.7. The first-order valence-corrected chi connectivity index (χ1v) is 12.9. The Morgan fingerprint density at radius 1 is 0.650 bits per heavy atom. The minimum Gasteiger partial charge on any atom is -0.494 e. The van der Waals surface area contributed by atoms with Crippen molar-refractivity contribution < 1.29 is 33.5 Å². The summed E-state index contributed by atoms with van der Waals surface area (Å²) in [7, 11) is 4.07. The number of benzene rings is 3. The summed E-state index contributed by atoms with van der Waals surface area (Å²) in [5.41, 5.74) is 1.46. The molecule has 0 aliphatic carbocycles. The third kappa shape index (κ3) is 6.98. The zero-order chi connectivity index (χ0) is 29.4. The molecule has 0 bridgehead atoms. The smallest absolute Gasteiger partial charge is 0.371 e. The van der Waals surface area contributed by atoms with E-state index in [1.807, 2.05) is 6.92 Å². The number of hydrogen-bond donors (Lipinski definition) is 0. The summed E-state index contributed by atoms with van der Waals surface area (Å²) in [5, 5.41) is 8.37. The molecule has 0 saturated carbocycles. The van der Waals surface area contributed by atoms with Crippen LogP contribution in [0.4, 0.5) is 0 Å². The van der Waals surface area contributed by atoms with Gasteiger partial charge in [-0.1, -0.05) is 70.6 Å². The van der Waals surface area contributed by atoms with Gasteiger partial charge in [0, 0.05) is 5.56 Å². The summed E-state index contributed by atoms with van der Waals surface area (Å²) in [6.45, 7) is 1.84. The zero-order valence-electron chi connectivity index (χ0n) is 21.6. The van der Waals surface area contributed by atoms with Crippen molar-refractivity contribution in [1.82, 2.24) is 0 Å². The van der Waals surface area contributed by atoms with E-state index in [0.29, 0.717) is 23.3 Å². The number of nitrogens with zero attached hydrogens (tertiary/aromatic N) is 2. The molecule has 0 atom stereocenters. The second-order valence-electron chi connectivity index (χ2n) is 7.70. The topological polar surface area (TPSA) is 105 Å². The Morgan fingerprint density at radius 3 is 1.50 bits per heavy atom. The second kappa shape index (κ2) is 14.2. The van der Waals surface area contributed by atoms with Gasteiger partial charge in [-0.3, -0.25) is 0 Å². The van der Waals surface area contributed by atoms with Gasteiger partial charge in [0.1, 0.15) is 11.1 Å². The van der Waals surface area contributed by atoms with E-state index in [-0.39, 0.29) is 48.6 Å². The highest BCUT2D eigenvalue weighted by molar-refractivity contribution is 6.37. The van der Waals surface area contributed by atoms with Crippen molar-refractivity contribution in [2.75, 3.05) is 21.3 Å². The highest BCUT2D eigenvalue weighted by atomic mass is 35.5. The second-order valence-corrected chi connectivity index (χ2v) is 9.33. The van der Waals surface area contributed by atoms with E-state index in [0.717, 1.165) is 0 Å². The molecule has 0 radical (unpaired) electrons. The highest BCUT2D eigenvalue weighted by Gasteiger charge is 2.23. The first-order chi connectivity index (χ1) is 19.2. The van der Waals surface area contributed by atoms with E-state index in [1.54, 1.807) is 24.3 Å². The maximum Gasteiger partial charge on any atom is 0.371 e. The molecule has 0 spiro atoms. The molecule has 0 aliphatic rings. The zero-order valence-corrected chi connectivity index (χ0v) is 24.6. The molecule has 0 saturated heterocycles. The molecule has 0 N–H and O–H groups in total. The van der Waals surface area contributed by atoms with Crippen molar-refractivity contribution in [3.8, 4) is 11.5 Å². The molecular weight excluding hydrogens is 606 g/mol. The van der Waals surface area contributed by atoms with Crippen molar-refractivity contribution in [3.63, 3.8) is 0 Å². The molecular formula is C27H22Cl4N2O7. The van der Waals surface area contributed by atoms with Crippen molar-refractivity contribution >= 4 is 70.0 Å². The van der Waals surface area contributed by atoms with Crippen LogP contribution in [0.2, 0.25) is 20.1 Å². The lowest BCUT2D eigenvalue weighted by Crippen LogP contribution is -2.10. The van der Waals surface area contributed by atoms with Crippen LogP contribution in [0.5, 0.6) is 11.5 Å². The number of carbonyl (C=O) groups excluding carboxylic acids is 2. The Morgan fingerprint density at radius 2 is 1.07 bits per heavy atom. The normalized spacial score (nSPS) is 11.6. The summed E-state index contributed by atoms with van der Waals surface area (Å²) < 4.78 is 15.6. The van der Waals surface area contributed by atoms with Crippen molar-refractivity contribution in [3.05, 3.63) is 90.9 Å². The van der Waals surface area contributed by atoms with Gasteiger partial charge >= 0.3 is 11.9 Å². The molecule has 3 rings (SSSR count). The molecule has 0 aliphatic heterocycles. The number of ether oxygens (including phenoxy) is 3. The van der Waals surface area contributed by atoms with Gasteiger partial charge in [0.15, 0.2) is 11.5 Å². The SMILES string of the molecule is CC/C(=N\OC(=O)c1c(Cl)ccc(Cl)c1OC)c1ccc(/C(=N/OC(=O)c2c(Cl)ccc(Cl)c2OC)OC)cc1. The quantitative estimate of drug-likeness (QED) is 0.105. The standard InChI is InChI=1S/C27H22Cl4N2O7/c1-5-20(32-39-26(34)21-16(28)10-12-18(30)23(21)36-2)14-6-8-15(9-7-14)25(38-4)33-40-27(35)22-17(29)11-13-19(31)24(22)37-3/h6-13H,5H2,1-4H3/b32-20+,33-25-.